The Balaban J connectivity index is 2.10. The SMILES string of the molecule is CC[C@](C)(O)[C@H]1CC(c2ccc(C)cc2)=NO1. The van der Waals surface area contributed by atoms with E-state index >= 15 is 0 Å². The molecule has 0 saturated carbocycles. The predicted octanol–water partition coefficient (Wildman–Crippen LogP) is 2.65. The largest absolute Gasteiger partial charge is 0.389 e. The quantitative estimate of drug-likeness (QED) is 0.872. The Hall–Kier alpha value is -1.35. The first kappa shape index (κ1) is 12.1. The van der Waals surface area contributed by atoms with Crippen LogP contribution in [0.3, 0.4) is 0 Å². The van der Waals surface area contributed by atoms with Crippen LogP contribution in [0.5, 0.6) is 0 Å². The number of oxime groups is 1. The zero-order valence-electron chi connectivity index (χ0n) is 10.6. The van der Waals surface area contributed by atoms with Gasteiger partial charge in [0, 0.05) is 6.42 Å². The lowest BCUT2D eigenvalue weighted by atomic mass is 9.91. The summed E-state index contributed by atoms with van der Waals surface area (Å²) >= 11 is 0. The van der Waals surface area contributed by atoms with Gasteiger partial charge in [-0.05, 0) is 25.8 Å². The number of benzene rings is 1. The Morgan fingerprint density at radius 2 is 2.06 bits per heavy atom. The van der Waals surface area contributed by atoms with Gasteiger partial charge in [-0.1, -0.05) is 41.9 Å². The van der Waals surface area contributed by atoms with Gasteiger partial charge in [0.05, 0.1) is 5.71 Å². The Bertz CT molecular complexity index is 420. The van der Waals surface area contributed by atoms with E-state index in [9.17, 15) is 5.11 Å². The highest BCUT2D eigenvalue weighted by molar-refractivity contribution is 6.01. The van der Waals surface area contributed by atoms with Gasteiger partial charge in [0.2, 0.25) is 0 Å². The average Bonchev–Trinajstić information content (AvgIpc) is 2.80. The number of hydrogen-bond donors (Lipinski definition) is 1. The molecule has 0 unspecified atom stereocenters. The second kappa shape index (κ2) is 4.49. The molecule has 0 spiro atoms. The predicted molar refractivity (Wildman–Crippen MR) is 68.1 cm³/mol. The molecule has 0 saturated heterocycles. The second-order valence-electron chi connectivity index (χ2n) is 4.91. The maximum atomic E-state index is 10.1. The Kier molecular flexibility index (Phi) is 3.20. The van der Waals surface area contributed by atoms with Crippen molar-refractivity contribution in [3.63, 3.8) is 0 Å². The Morgan fingerprint density at radius 1 is 1.41 bits per heavy atom. The summed E-state index contributed by atoms with van der Waals surface area (Å²) in [5, 5.41) is 14.2. The average molecular weight is 233 g/mol. The van der Waals surface area contributed by atoms with Crippen molar-refractivity contribution < 1.29 is 9.94 Å². The van der Waals surface area contributed by atoms with Crippen molar-refractivity contribution in [2.45, 2.75) is 45.3 Å². The van der Waals surface area contributed by atoms with Crippen LogP contribution >= 0.6 is 0 Å². The van der Waals surface area contributed by atoms with Crippen LogP contribution in [-0.4, -0.2) is 22.5 Å². The number of rotatable bonds is 3. The monoisotopic (exact) mass is 233 g/mol. The fourth-order valence-electron chi connectivity index (χ4n) is 1.85. The van der Waals surface area contributed by atoms with Crippen molar-refractivity contribution in [3.05, 3.63) is 35.4 Å². The third-order valence-corrected chi connectivity index (χ3v) is 3.46. The van der Waals surface area contributed by atoms with Crippen molar-refractivity contribution in [1.29, 1.82) is 0 Å². The minimum atomic E-state index is -0.810. The molecular formula is C14H19NO2. The Morgan fingerprint density at radius 3 is 2.65 bits per heavy atom. The van der Waals surface area contributed by atoms with Crippen LogP contribution in [0.4, 0.5) is 0 Å². The van der Waals surface area contributed by atoms with E-state index < -0.39 is 5.60 Å². The molecule has 0 amide bonds. The van der Waals surface area contributed by atoms with Gasteiger partial charge in [0.15, 0.2) is 6.10 Å². The third-order valence-electron chi connectivity index (χ3n) is 3.46. The smallest absolute Gasteiger partial charge is 0.161 e. The van der Waals surface area contributed by atoms with E-state index in [4.69, 9.17) is 4.84 Å². The van der Waals surface area contributed by atoms with Crippen LogP contribution in [0.15, 0.2) is 29.4 Å². The van der Waals surface area contributed by atoms with E-state index in [1.54, 1.807) is 6.92 Å². The van der Waals surface area contributed by atoms with Gasteiger partial charge in [-0.3, -0.25) is 0 Å². The van der Waals surface area contributed by atoms with Gasteiger partial charge in [-0.25, -0.2) is 0 Å². The lowest BCUT2D eigenvalue weighted by Crippen LogP contribution is -2.38. The van der Waals surface area contributed by atoms with Crippen molar-refractivity contribution in [1.82, 2.24) is 0 Å². The summed E-state index contributed by atoms with van der Waals surface area (Å²) in [5.41, 5.74) is 2.41. The van der Waals surface area contributed by atoms with Crippen LogP contribution in [0.1, 0.15) is 37.8 Å². The summed E-state index contributed by atoms with van der Waals surface area (Å²) in [7, 11) is 0. The summed E-state index contributed by atoms with van der Waals surface area (Å²) in [6.45, 7) is 5.81. The molecule has 0 radical (unpaired) electrons. The molecular weight excluding hydrogens is 214 g/mol. The first-order chi connectivity index (χ1) is 8.03. The van der Waals surface area contributed by atoms with E-state index in [1.165, 1.54) is 5.56 Å². The molecule has 1 aliphatic heterocycles. The first-order valence-electron chi connectivity index (χ1n) is 6.05. The minimum absolute atomic E-state index is 0.233. The number of nitrogens with zero attached hydrogens (tertiary/aromatic N) is 1. The molecule has 2 atom stereocenters. The van der Waals surface area contributed by atoms with Crippen molar-refractivity contribution in [3.8, 4) is 0 Å². The van der Waals surface area contributed by atoms with Crippen LogP contribution in [0, 0.1) is 6.92 Å². The molecule has 0 aliphatic carbocycles. The van der Waals surface area contributed by atoms with Gasteiger partial charge < -0.3 is 9.94 Å². The van der Waals surface area contributed by atoms with Crippen LogP contribution in [0.2, 0.25) is 0 Å². The van der Waals surface area contributed by atoms with E-state index in [0.29, 0.717) is 12.8 Å². The number of hydrogen-bond acceptors (Lipinski definition) is 3. The summed E-state index contributed by atoms with van der Waals surface area (Å²) in [5.74, 6) is 0. The zero-order valence-corrected chi connectivity index (χ0v) is 10.6. The fourth-order valence-corrected chi connectivity index (χ4v) is 1.85. The molecule has 1 aromatic rings. The molecule has 0 aromatic heterocycles. The Labute approximate surface area is 102 Å². The lowest BCUT2D eigenvalue weighted by Gasteiger charge is -2.26. The molecule has 3 nitrogen and oxygen atoms in total. The molecule has 0 fully saturated rings. The first-order valence-corrected chi connectivity index (χ1v) is 6.05. The van der Waals surface area contributed by atoms with Gasteiger partial charge in [-0.15, -0.1) is 0 Å². The van der Waals surface area contributed by atoms with Crippen LogP contribution in [-0.2, 0) is 4.84 Å². The van der Waals surface area contributed by atoms with Gasteiger partial charge in [0.1, 0.15) is 5.60 Å². The molecule has 1 aromatic carbocycles. The molecule has 1 N–H and O–H groups in total. The molecule has 17 heavy (non-hydrogen) atoms. The van der Waals surface area contributed by atoms with Gasteiger partial charge in [-0.2, -0.15) is 0 Å². The molecule has 1 heterocycles. The normalized spacial score (nSPS) is 22.8. The minimum Gasteiger partial charge on any atom is -0.389 e. The summed E-state index contributed by atoms with van der Waals surface area (Å²) in [4.78, 5) is 5.34. The standard InChI is InChI=1S/C14H19NO2/c1-4-14(3,16)13-9-12(15-17-13)11-7-5-10(2)6-8-11/h5-8,13,16H,4,9H2,1-3H3/t13-,14+/m1/s1. The van der Waals surface area contributed by atoms with Crippen LogP contribution in [0.25, 0.3) is 0 Å². The molecule has 92 valence electrons. The van der Waals surface area contributed by atoms with Crippen molar-refractivity contribution in [2.24, 2.45) is 5.16 Å². The lowest BCUT2D eigenvalue weighted by molar-refractivity contribution is -0.0854. The summed E-state index contributed by atoms with van der Waals surface area (Å²) in [6, 6.07) is 8.20. The zero-order chi connectivity index (χ0) is 12.5. The number of aliphatic hydroxyl groups is 1. The van der Waals surface area contributed by atoms with E-state index in [0.717, 1.165) is 11.3 Å². The molecule has 2 rings (SSSR count). The van der Waals surface area contributed by atoms with E-state index in [1.807, 2.05) is 19.1 Å². The van der Waals surface area contributed by atoms with Crippen molar-refractivity contribution >= 4 is 5.71 Å². The highest BCUT2D eigenvalue weighted by Crippen LogP contribution is 2.27. The molecule has 1 aliphatic rings. The van der Waals surface area contributed by atoms with Gasteiger partial charge in [0.25, 0.3) is 0 Å². The second-order valence-corrected chi connectivity index (χ2v) is 4.91. The molecule has 3 heteroatoms. The molecule has 0 bridgehead atoms. The number of aryl methyl sites for hydroxylation is 1. The van der Waals surface area contributed by atoms with Crippen molar-refractivity contribution in [2.75, 3.05) is 0 Å². The summed E-state index contributed by atoms with van der Waals surface area (Å²) in [6.07, 6.45) is 1.10. The maximum Gasteiger partial charge on any atom is 0.161 e. The highest BCUT2D eigenvalue weighted by atomic mass is 16.7. The summed E-state index contributed by atoms with van der Waals surface area (Å²) < 4.78 is 0. The van der Waals surface area contributed by atoms with E-state index in [-0.39, 0.29) is 6.10 Å². The fraction of sp³-hybridized carbons (Fsp3) is 0.500. The van der Waals surface area contributed by atoms with E-state index in [2.05, 4.69) is 24.2 Å². The highest BCUT2D eigenvalue weighted by Gasteiger charge is 2.37. The third kappa shape index (κ3) is 2.50. The maximum absolute atomic E-state index is 10.1. The van der Waals surface area contributed by atoms with Crippen LogP contribution < -0.4 is 0 Å². The topological polar surface area (TPSA) is 41.8 Å². The van der Waals surface area contributed by atoms with Gasteiger partial charge >= 0.3 is 0 Å².